The second-order valence-electron chi connectivity index (χ2n) is 4.86. The van der Waals surface area contributed by atoms with Crippen molar-refractivity contribution in [2.24, 2.45) is 0 Å². The molecule has 0 aliphatic carbocycles. The first-order valence-corrected chi connectivity index (χ1v) is 7.10. The molecular formula is C16H20N2O4. The number of nitrogens with one attached hydrogen (secondary N) is 1. The Balaban J connectivity index is 2.12. The van der Waals surface area contributed by atoms with Crippen LogP contribution in [0, 0.1) is 6.92 Å². The van der Waals surface area contributed by atoms with Crippen molar-refractivity contribution in [1.82, 2.24) is 10.5 Å². The number of amides is 1. The van der Waals surface area contributed by atoms with Crippen molar-refractivity contribution < 1.29 is 18.8 Å². The number of ether oxygens (including phenoxy) is 2. The van der Waals surface area contributed by atoms with E-state index in [4.69, 9.17) is 14.0 Å². The Morgan fingerprint density at radius 1 is 1.36 bits per heavy atom. The number of carbonyl (C=O) groups excluding carboxylic acids is 1. The van der Waals surface area contributed by atoms with Crippen LogP contribution < -0.4 is 14.8 Å². The van der Waals surface area contributed by atoms with Crippen molar-refractivity contribution in [3.63, 3.8) is 0 Å². The number of aryl methyl sites for hydroxylation is 1. The molecule has 1 aromatic carbocycles. The van der Waals surface area contributed by atoms with Gasteiger partial charge in [0.25, 0.3) is 5.91 Å². The van der Waals surface area contributed by atoms with Gasteiger partial charge in [0, 0.05) is 6.07 Å². The highest BCUT2D eigenvalue weighted by Crippen LogP contribution is 2.30. The number of nitrogens with zero attached hydrogens (tertiary/aromatic N) is 1. The van der Waals surface area contributed by atoms with Gasteiger partial charge in [-0.2, -0.15) is 0 Å². The maximum Gasteiger partial charge on any atom is 0.273 e. The van der Waals surface area contributed by atoms with Crippen molar-refractivity contribution in [2.45, 2.75) is 26.8 Å². The molecule has 0 saturated heterocycles. The maximum absolute atomic E-state index is 12.1. The molecule has 1 atom stereocenters. The summed E-state index contributed by atoms with van der Waals surface area (Å²) in [6.07, 6.45) is 0. The zero-order valence-electron chi connectivity index (χ0n) is 13.2. The molecule has 0 unspecified atom stereocenters. The Hall–Kier alpha value is -2.50. The van der Waals surface area contributed by atoms with Crippen LogP contribution in [0.2, 0.25) is 0 Å². The van der Waals surface area contributed by atoms with Crippen LogP contribution in [0.1, 0.15) is 41.7 Å². The number of hydrogen-bond donors (Lipinski definition) is 1. The van der Waals surface area contributed by atoms with Gasteiger partial charge < -0.3 is 19.3 Å². The van der Waals surface area contributed by atoms with Gasteiger partial charge in [0.1, 0.15) is 5.76 Å². The molecule has 1 N–H and O–H groups in total. The molecule has 0 bridgehead atoms. The summed E-state index contributed by atoms with van der Waals surface area (Å²) in [6, 6.07) is 6.98. The first-order chi connectivity index (χ1) is 10.5. The smallest absolute Gasteiger partial charge is 0.273 e. The van der Waals surface area contributed by atoms with Crippen LogP contribution in [0.5, 0.6) is 11.5 Å². The number of carbonyl (C=O) groups is 1. The van der Waals surface area contributed by atoms with Crippen molar-refractivity contribution in [3.8, 4) is 11.5 Å². The zero-order valence-corrected chi connectivity index (χ0v) is 13.2. The molecule has 0 aliphatic rings. The third-order valence-electron chi connectivity index (χ3n) is 3.20. The van der Waals surface area contributed by atoms with Gasteiger partial charge in [-0.05, 0) is 38.5 Å². The average Bonchev–Trinajstić information content (AvgIpc) is 2.94. The zero-order chi connectivity index (χ0) is 16.1. The second kappa shape index (κ2) is 6.98. The highest BCUT2D eigenvalue weighted by Gasteiger charge is 2.16. The normalized spacial score (nSPS) is 11.8. The predicted molar refractivity (Wildman–Crippen MR) is 81.3 cm³/mol. The Morgan fingerprint density at radius 3 is 2.73 bits per heavy atom. The van der Waals surface area contributed by atoms with Crippen molar-refractivity contribution in [3.05, 3.63) is 41.3 Å². The summed E-state index contributed by atoms with van der Waals surface area (Å²) in [4.78, 5) is 12.1. The third-order valence-corrected chi connectivity index (χ3v) is 3.20. The van der Waals surface area contributed by atoms with Gasteiger partial charge in [0.15, 0.2) is 17.2 Å². The number of methoxy groups -OCH3 is 1. The molecule has 2 aromatic rings. The van der Waals surface area contributed by atoms with Crippen molar-refractivity contribution in [1.29, 1.82) is 0 Å². The quantitative estimate of drug-likeness (QED) is 0.888. The van der Waals surface area contributed by atoms with Crippen molar-refractivity contribution >= 4 is 5.91 Å². The summed E-state index contributed by atoms with van der Waals surface area (Å²) in [6.45, 7) is 6.11. The van der Waals surface area contributed by atoms with E-state index in [-0.39, 0.29) is 17.6 Å². The van der Waals surface area contributed by atoms with Crippen LogP contribution >= 0.6 is 0 Å². The fraction of sp³-hybridized carbons (Fsp3) is 0.375. The highest BCUT2D eigenvalue weighted by molar-refractivity contribution is 5.92. The highest BCUT2D eigenvalue weighted by atomic mass is 16.5. The summed E-state index contributed by atoms with van der Waals surface area (Å²) >= 11 is 0. The third kappa shape index (κ3) is 3.58. The molecule has 1 aromatic heterocycles. The standard InChI is InChI=1S/C16H20N2O4/c1-5-21-14-7-6-12(9-15(14)20-4)11(3)17-16(19)13-8-10(2)22-18-13/h6-9,11H,5H2,1-4H3,(H,17,19)/t11-/m0/s1. The van der Waals surface area contributed by atoms with Gasteiger partial charge in [-0.15, -0.1) is 0 Å². The monoisotopic (exact) mass is 304 g/mol. The Morgan fingerprint density at radius 2 is 2.14 bits per heavy atom. The minimum absolute atomic E-state index is 0.200. The molecule has 0 radical (unpaired) electrons. The van der Waals surface area contributed by atoms with Crippen LogP contribution in [0.15, 0.2) is 28.8 Å². The first kappa shape index (κ1) is 15.9. The van der Waals surface area contributed by atoms with Gasteiger partial charge in [-0.1, -0.05) is 11.2 Å². The minimum atomic E-state index is -0.280. The van der Waals surface area contributed by atoms with E-state index in [2.05, 4.69) is 10.5 Å². The van der Waals surface area contributed by atoms with E-state index >= 15 is 0 Å². The molecule has 22 heavy (non-hydrogen) atoms. The SMILES string of the molecule is CCOc1ccc([C@H](C)NC(=O)c2cc(C)on2)cc1OC. The van der Waals surface area contributed by atoms with Crippen LogP contribution in [-0.2, 0) is 0 Å². The molecular weight excluding hydrogens is 284 g/mol. The van der Waals surface area contributed by atoms with E-state index in [0.717, 1.165) is 5.56 Å². The number of aromatic nitrogens is 1. The van der Waals surface area contributed by atoms with Gasteiger partial charge in [-0.25, -0.2) is 0 Å². The summed E-state index contributed by atoms with van der Waals surface area (Å²) in [7, 11) is 1.59. The van der Waals surface area contributed by atoms with Gasteiger partial charge in [0.05, 0.1) is 19.8 Å². The lowest BCUT2D eigenvalue weighted by molar-refractivity contribution is 0.0930. The molecule has 0 fully saturated rings. The lowest BCUT2D eigenvalue weighted by atomic mass is 10.1. The van der Waals surface area contributed by atoms with Gasteiger partial charge in [0.2, 0.25) is 0 Å². The summed E-state index contributed by atoms with van der Waals surface area (Å²) < 4.78 is 15.7. The second-order valence-corrected chi connectivity index (χ2v) is 4.86. The first-order valence-electron chi connectivity index (χ1n) is 7.10. The largest absolute Gasteiger partial charge is 0.493 e. The van der Waals surface area contributed by atoms with Gasteiger partial charge in [-0.3, -0.25) is 4.79 Å². The Kier molecular flexibility index (Phi) is 5.04. The number of rotatable bonds is 6. The predicted octanol–water partition coefficient (Wildman–Crippen LogP) is 2.88. The molecule has 0 spiro atoms. The van der Waals surface area contributed by atoms with Gasteiger partial charge >= 0.3 is 0 Å². The lowest BCUT2D eigenvalue weighted by Crippen LogP contribution is -2.26. The maximum atomic E-state index is 12.1. The Bertz CT molecular complexity index is 651. The Labute approximate surface area is 129 Å². The molecule has 1 amide bonds. The number of hydrogen-bond acceptors (Lipinski definition) is 5. The topological polar surface area (TPSA) is 73.6 Å². The molecule has 0 aliphatic heterocycles. The summed E-state index contributed by atoms with van der Waals surface area (Å²) in [5, 5.41) is 6.57. The summed E-state index contributed by atoms with van der Waals surface area (Å²) in [5.41, 5.74) is 1.18. The summed E-state index contributed by atoms with van der Waals surface area (Å²) in [5.74, 6) is 1.63. The van der Waals surface area contributed by atoms with Crippen molar-refractivity contribution in [2.75, 3.05) is 13.7 Å². The van der Waals surface area contributed by atoms with E-state index in [1.54, 1.807) is 20.1 Å². The average molecular weight is 304 g/mol. The van der Waals surface area contributed by atoms with Crippen LogP contribution in [0.3, 0.4) is 0 Å². The fourth-order valence-electron chi connectivity index (χ4n) is 2.06. The molecule has 6 heteroatoms. The van der Waals surface area contributed by atoms with E-state index in [1.165, 1.54) is 0 Å². The van der Waals surface area contributed by atoms with E-state index in [0.29, 0.717) is 23.9 Å². The van der Waals surface area contributed by atoms with Crippen LogP contribution in [0.4, 0.5) is 0 Å². The van der Waals surface area contributed by atoms with Crippen LogP contribution in [0.25, 0.3) is 0 Å². The molecule has 1 heterocycles. The van der Waals surface area contributed by atoms with Crippen LogP contribution in [-0.4, -0.2) is 24.8 Å². The number of benzene rings is 1. The van der Waals surface area contributed by atoms with E-state index in [9.17, 15) is 4.79 Å². The van der Waals surface area contributed by atoms with E-state index in [1.807, 2.05) is 32.0 Å². The molecule has 118 valence electrons. The molecule has 0 saturated carbocycles. The van der Waals surface area contributed by atoms with E-state index < -0.39 is 0 Å². The minimum Gasteiger partial charge on any atom is -0.493 e. The lowest BCUT2D eigenvalue weighted by Gasteiger charge is -2.16. The molecule has 2 rings (SSSR count). The molecule has 6 nitrogen and oxygen atoms in total. The fourth-order valence-corrected chi connectivity index (χ4v) is 2.06.